The van der Waals surface area contributed by atoms with Gasteiger partial charge < -0.3 is 23.9 Å². The number of hydrogen-bond acceptors (Lipinski definition) is 6. The van der Waals surface area contributed by atoms with E-state index in [1.165, 1.54) is 0 Å². The molecule has 0 radical (unpaired) electrons. The molecule has 0 bridgehead atoms. The summed E-state index contributed by atoms with van der Waals surface area (Å²) in [6.07, 6.45) is 1.94. The number of rotatable bonds is 6. The van der Waals surface area contributed by atoms with Crippen LogP contribution in [-0.4, -0.2) is 50.3 Å². The van der Waals surface area contributed by atoms with E-state index >= 15 is 0 Å². The second kappa shape index (κ2) is 10.4. The van der Waals surface area contributed by atoms with Gasteiger partial charge in [0, 0.05) is 35.2 Å². The van der Waals surface area contributed by atoms with E-state index in [1.54, 1.807) is 14.0 Å². The van der Waals surface area contributed by atoms with Gasteiger partial charge in [0.2, 0.25) is 0 Å². The van der Waals surface area contributed by atoms with Crippen molar-refractivity contribution in [3.8, 4) is 22.9 Å². The summed E-state index contributed by atoms with van der Waals surface area (Å²) < 4.78 is 29.3. The Morgan fingerprint density at radius 1 is 1.32 bits per heavy atom. The van der Waals surface area contributed by atoms with E-state index in [4.69, 9.17) is 19.9 Å². The Morgan fingerprint density at radius 3 is 2.62 bits per heavy atom. The van der Waals surface area contributed by atoms with Gasteiger partial charge in [0.1, 0.15) is 40.2 Å². The van der Waals surface area contributed by atoms with Crippen molar-refractivity contribution in [2.75, 3.05) is 13.7 Å². The molecule has 9 nitrogen and oxygen atoms in total. The Hall–Kier alpha value is -2.56. The van der Waals surface area contributed by atoms with Crippen LogP contribution in [-0.2, 0) is 17.9 Å². The van der Waals surface area contributed by atoms with Crippen molar-refractivity contribution in [1.82, 2.24) is 19.6 Å². The topological polar surface area (TPSA) is 120 Å². The van der Waals surface area contributed by atoms with Gasteiger partial charge in [-0.25, -0.2) is 9.98 Å². The molecule has 0 aliphatic carbocycles. The lowest BCUT2D eigenvalue weighted by Gasteiger charge is -2.27. The van der Waals surface area contributed by atoms with Gasteiger partial charge in [0.15, 0.2) is 5.84 Å². The number of benzene rings is 1. The first-order chi connectivity index (χ1) is 15.9. The minimum absolute atomic E-state index is 0.140. The zero-order chi connectivity index (χ0) is 25.2. The number of fused-ring (bicyclic) bond motifs is 3. The number of imidazole rings is 1. The normalized spacial score (nSPS) is 15.6. The molecule has 34 heavy (non-hydrogen) atoms. The highest BCUT2D eigenvalue weighted by Gasteiger charge is 2.30. The second-order valence-electron chi connectivity index (χ2n) is 9.65. The Labute approximate surface area is 205 Å². The molecule has 10 heteroatoms. The molecule has 2 heterocycles. The zero-order valence-corrected chi connectivity index (χ0v) is 22.1. The van der Waals surface area contributed by atoms with Crippen molar-refractivity contribution in [1.29, 1.82) is 5.41 Å². The minimum atomic E-state index is -1.24. The summed E-state index contributed by atoms with van der Waals surface area (Å²) >= 11 is -1.24. The maximum absolute atomic E-state index is 12.7. The molecule has 0 unspecified atom stereocenters. The molecule has 186 valence electrons. The smallest absolute Gasteiger partial charge is 0.155 e. The number of ether oxygens (including phenoxy) is 2. The van der Waals surface area contributed by atoms with E-state index in [9.17, 15) is 4.55 Å². The van der Waals surface area contributed by atoms with Gasteiger partial charge in [-0.1, -0.05) is 0 Å². The van der Waals surface area contributed by atoms with Gasteiger partial charge in [0.05, 0.1) is 25.3 Å². The number of methoxy groups -OCH3 is 1. The van der Waals surface area contributed by atoms with Crippen molar-refractivity contribution in [3.63, 3.8) is 0 Å². The Balaban J connectivity index is 2.08. The molecule has 2 aromatic rings. The van der Waals surface area contributed by atoms with Crippen LogP contribution in [0.5, 0.6) is 11.5 Å². The number of aromatic nitrogens is 2. The van der Waals surface area contributed by atoms with Gasteiger partial charge in [-0.3, -0.25) is 5.41 Å². The Morgan fingerprint density at radius 2 is 2.03 bits per heavy atom. The summed E-state index contributed by atoms with van der Waals surface area (Å²) in [4.78, 5) is 9.24. The van der Waals surface area contributed by atoms with Gasteiger partial charge in [-0.2, -0.15) is 0 Å². The summed E-state index contributed by atoms with van der Waals surface area (Å²) in [5.74, 6) is 2.85. The van der Waals surface area contributed by atoms with E-state index in [0.29, 0.717) is 36.2 Å². The molecule has 1 aromatic heterocycles. The van der Waals surface area contributed by atoms with Crippen molar-refractivity contribution < 1.29 is 14.0 Å². The Bertz CT molecular complexity index is 1070. The molecular formula is C24H36N6O3S. The highest BCUT2D eigenvalue weighted by Crippen LogP contribution is 2.40. The van der Waals surface area contributed by atoms with Gasteiger partial charge in [-0.05, 0) is 54.5 Å². The number of hydrogen-bond donors (Lipinski definition) is 3. The van der Waals surface area contributed by atoms with E-state index in [0.717, 1.165) is 17.0 Å². The van der Waals surface area contributed by atoms with Crippen molar-refractivity contribution >= 4 is 23.0 Å². The van der Waals surface area contributed by atoms with E-state index in [-0.39, 0.29) is 17.9 Å². The van der Waals surface area contributed by atoms with Crippen LogP contribution in [0.1, 0.15) is 65.8 Å². The molecule has 0 spiro atoms. The van der Waals surface area contributed by atoms with Crippen LogP contribution < -0.4 is 19.5 Å². The molecule has 0 saturated carbocycles. The van der Waals surface area contributed by atoms with Crippen LogP contribution in [0.3, 0.4) is 0 Å². The first-order valence-electron chi connectivity index (χ1n) is 11.4. The summed E-state index contributed by atoms with van der Waals surface area (Å²) in [6, 6.07) is 3.78. The number of aliphatic imine (C=N–C) groups is 1. The lowest BCUT2D eigenvalue weighted by molar-refractivity contribution is 0.304. The maximum atomic E-state index is 12.7. The van der Waals surface area contributed by atoms with Crippen LogP contribution in [0.15, 0.2) is 23.3 Å². The largest absolute Gasteiger partial charge is 0.598 e. The van der Waals surface area contributed by atoms with E-state index in [2.05, 4.69) is 15.0 Å². The third kappa shape index (κ3) is 5.92. The number of nitrogens with zero attached hydrogens (tertiary/aromatic N) is 3. The van der Waals surface area contributed by atoms with Gasteiger partial charge in [0.25, 0.3) is 0 Å². The molecule has 0 amide bonds. The summed E-state index contributed by atoms with van der Waals surface area (Å²) in [5, 5.41) is 11.1. The van der Waals surface area contributed by atoms with Crippen LogP contribution in [0.25, 0.3) is 11.4 Å². The van der Waals surface area contributed by atoms with Crippen LogP contribution in [0, 0.1) is 5.41 Å². The lowest BCUT2D eigenvalue weighted by Crippen LogP contribution is -2.40. The predicted octanol–water partition coefficient (Wildman–Crippen LogP) is 3.81. The Kier molecular flexibility index (Phi) is 7.95. The number of nitrogens with one attached hydrogen (secondary N) is 3. The quantitative estimate of drug-likeness (QED) is 0.323. The van der Waals surface area contributed by atoms with Crippen LogP contribution >= 0.6 is 0 Å². The predicted molar refractivity (Wildman–Crippen MR) is 137 cm³/mol. The average molecular weight is 489 g/mol. The first-order valence-corrected chi connectivity index (χ1v) is 12.6. The molecule has 0 fully saturated rings. The second-order valence-corrected chi connectivity index (χ2v) is 11.6. The van der Waals surface area contributed by atoms with E-state index in [1.807, 2.05) is 64.4 Å². The first kappa shape index (κ1) is 26.1. The molecule has 1 aromatic carbocycles. The third-order valence-corrected chi connectivity index (χ3v) is 6.87. The molecule has 2 atom stereocenters. The lowest BCUT2D eigenvalue weighted by atomic mass is 10.0. The summed E-state index contributed by atoms with van der Waals surface area (Å²) in [6.45, 7) is 14.6. The van der Waals surface area contributed by atoms with E-state index < -0.39 is 16.1 Å². The minimum Gasteiger partial charge on any atom is -0.598 e. The zero-order valence-electron chi connectivity index (χ0n) is 21.3. The van der Waals surface area contributed by atoms with Crippen molar-refractivity contribution in [3.05, 3.63) is 29.6 Å². The fourth-order valence-electron chi connectivity index (χ4n) is 3.56. The molecule has 0 saturated heterocycles. The molecule has 3 N–H and O–H groups in total. The fourth-order valence-corrected chi connectivity index (χ4v) is 4.36. The highest BCUT2D eigenvalue weighted by atomic mass is 32.2. The average Bonchev–Trinajstić information content (AvgIpc) is 3.08. The molecule has 1 aliphatic heterocycles. The monoisotopic (exact) mass is 488 g/mol. The number of amidine groups is 2. The standard InChI is InChI=1S/C24H36N6O3S/c1-14(2)26-22(27-16(4)25)19-13-30-9-10-33-21-12-20(32-8)17(11-18(21)23(30)28-19)15(3)29-34(31)24(5,6)7/h11-15,29H,9-10H2,1-8H3,(H2,25,26,27)/t15-,34+/m0/s1. The van der Waals surface area contributed by atoms with Gasteiger partial charge in [-0.15, -0.1) is 4.72 Å². The van der Waals surface area contributed by atoms with Crippen molar-refractivity contribution in [2.45, 2.75) is 71.8 Å². The fraction of sp³-hybridized carbons (Fsp3) is 0.542. The molecule has 3 rings (SSSR count). The maximum Gasteiger partial charge on any atom is 0.155 e. The van der Waals surface area contributed by atoms with Crippen LogP contribution in [0.2, 0.25) is 0 Å². The summed E-state index contributed by atoms with van der Waals surface area (Å²) in [5.41, 5.74) is 2.36. The molecule has 1 aliphatic rings. The SMILES string of the molecule is COc1cc2c(cc1[C@H](C)N[S@+]([O-])C(C)(C)C)-c1nc(/C(=N/C(C)=N)NC(C)C)cn1CCO2. The van der Waals surface area contributed by atoms with Crippen LogP contribution in [0.4, 0.5) is 0 Å². The third-order valence-electron chi connectivity index (χ3n) is 5.19. The summed E-state index contributed by atoms with van der Waals surface area (Å²) in [7, 11) is 1.62. The highest BCUT2D eigenvalue weighted by molar-refractivity contribution is 7.90. The van der Waals surface area contributed by atoms with Crippen molar-refractivity contribution in [2.24, 2.45) is 4.99 Å². The van der Waals surface area contributed by atoms with Gasteiger partial charge >= 0.3 is 0 Å². The molecular weight excluding hydrogens is 452 g/mol.